The lowest BCUT2D eigenvalue weighted by molar-refractivity contribution is -0.121. The van der Waals surface area contributed by atoms with E-state index in [2.05, 4.69) is 11.4 Å². The molecular weight excluding hydrogens is 404 g/mol. The van der Waals surface area contributed by atoms with E-state index in [1.807, 2.05) is 26.0 Å². The van der Waals surface area contributed by atoms with Gasteiger partial charge in [-0.05, 0) is 55.7 Å². The van der Waals surface area contributed by atoms with E-state index in [1.165, 1.54) is 11.4 Å². The Balaban J connectivity index is 1.80. The Hall–Kier alpha value is -2.74. The van der Waals surface area contributed by atoms with E-state index in [4.69, 9.17) is 9.47 Å². The molecule has 1 N–H and O–H groups in total. The summed E-state index contributed by atoms with van der Waals surface area (Å²) in [6.45, 7) is 4.95. The second-order valence-electron chi connectivity index (χ2n) is 7.13. The molecule has 2 aromatic rings. The van der Waals surface area contributed by atoms with Crippen LogP contribution in [0.2, 0.25) is 0 Å². The highest BCUT2D eigenvalue weighted by Crippen LogP contribution is 2.29. The van der Waals surface area contributed by atoms with Gasteiger partial charge in [-0.25, -0.2) is 8.42 Å². The third-order valence-electron chi connectivity index (χ3n) is 4.41. The fraction of sp³-hybridized carbons (Fsp3) is 0.409. The molecule has 1 amide bonds. The van der Waals surface area contributed by atoms with Crippen molar-refractivity contribution in [2.45, 2.75) is 26.7 Å². The van der Waals surface area contributed by atoms with E-state index in [0.717, 1.165) is 23.1 Å². The molecule has 0 aliphatic heterocycles. The molecule has 0 radical (unpaired) electrons. The number of para-hydroxylation sites is 2. The first-order valence-electron chi connectivity index (χ1n) is 9.79. The zero-order chi connectivity index (χ0) is 22.1. The van der Waals surface area contributed by atoms with Crippen LogP contribution in [0.5, 0.6) is 11.5 Å². The zero-order valence-corrected chi connectivity index (χ0v) is 18.8. The van der Waals surface area contributed by atoms with Gasteiger partial charge in [-0.1, -0.05) is 18.2 Å². The van der Waals surface area contributed by atoms with Crippen molar-refractivity contribution in [2.24, 2.45) is 0 Å². The van der Waals surface area contributed by atoms with Gasteiger partial charge in [0.15, 0.2) is 0 Å². The van der Waals surface area contributed by atoms with Crippen LogP contribution in [-0.4, -0.2) is 47.4 Å². The molecule has 7 nitrogen and oxygen atoms in total. The number of aryl methyl sites for hydroxylation is 2. The van der Waals surface area contributed by atoms with Crippen molar-refractivity contribution in [2.75, 3.05) is 37.4 Å². The second kappa shape index (κ2) is 10.9. The molecule has 0 fully saturated rings. The molecule has 0 bridgehead atoms. The number of benzene rings is 2. The summed E-state index contributed by atoms with van der Waals surface area (Å²) in [6, 6.07) is 12.9. The van der Waals surface area contributed by atoms with E-state index >= 15 is 0 Å². The molecule has 8 heteroatoms. The van der Waals surface area contributed by atoms with Crippen molar-refractivity contribution in [1.82, 2.24) is 5.32 Å². The fourth-order valence-electron chi connectivity index (χ4n) is 3.15. The van der Waals surface area contributed by atoms with Gasteiger partial charge in [0.1, 0.15) is 18.1 Å². The minimum absolute atomic E-state index is 0.146. The van der Waals surface area contributed by atoms with Crippen LogP contribution in [0, 0.1) is 13.8 Å². The predicted molar refractivity (Wildman–Crippen MR) is 119 cm³/mol. The van der Waals surface area contributed by atoms with Crippen molar-refractivity contribution >= 4 is 21.6 Å². The molecule has 0 saturated heterocycles. The lowest BCUT2D eigenvalue weighted by Crippen LogP contribution is -2.33. The minimum Gasteiger partial charge on any atom is -0.495 e. The maximum atomic E-state index is 12.2. The zero-order valence-electron chi connectivity index (χ0n) is 18.0. The van der Waals surface area contributed by atoms with Crippen LogP contribution in [0.3, 0.4) is 0 Å². The summed E-state index contributed by atoms with van der Waals surface area (Å²) in [7, 11) is -2.01. The maximum absolute atomic E-state index is 12.2. The number of sulfonamides is 1. The van der Waals surface area contributed by atoms with Gasteiger partial charge >= 0.3 is 0 Å². The number of hydrogen-bond donors (Lipinski definition) is 1. The molecule has 164 valence electrons. The lowest BCUT2D eigenvalue weighted by Gasteiger charge is -2.24. The highest BCUT2D eigenvalue weighted by atomic mass is 32.2. The van der Waals surface area contributed by atoms with Crippen LogP contribution in [0.15, 0.2) is 42.5 Å². The molecule has 2 rings (SSSR count). The summed E-state index contributed by atoms with van der Waals surface area (Å²) in [5.41, 5.74) is 2.71. The molecule has 2 aromatic carbocycles. The average Bonchev–Trinajstić information content (AvgIpc) is 2.67. The quantitative estimate of drug-likeness (QED) is 0.550. The molecule has 0 aliphatic carbocycles. The van der Waals surface area contributed by atoms with E-state index < -0.39 is 10.0 Å². The molecule has 0 aliphatic rings. The summed E-state index contributed by atoms with van der Waals surface area (Å²) in [5, 5.41) is 2.80. The molecule has 0 atom stereocenters. The summed E-state index contributed by atoms with van der Waals surface area (Å²) in [5.74, 6) is 1.10. The predicted octanol–water partition coefficient (Wildman–Crippen LogP) is 3.05. The first kappa shape index (κ1) is 23.5. The van der Waals surface area contributed by atoms with Gasteiger partial charge in [-0.15, -0.1) is 0 Å². The Labute approximate surface area is 179 Å². The second-order valence-corrected chi connectivity index (χ2v) is 9.04. The van der Waals surface area contributed by atoms with Crippen LogP contribution in [0.4, 0.5) is 5.69 Å². The van der Waals surface area contributed by atoms with E-state index in [9.17, 15) is 13.2 Å². The standard InChI is InChI=1S/C22H30N2O5S/c1-17-14-18(2)16-19(15-17)29-13-11-23-22(25)10-7-12-24(30(4,26)27)20-8-5-6-9-21(20)28-3/h5-6,8-9,14-16H,7,10-13H2,1-4H3,(H,23,25). The van der Waals surface area contributed by atoms with Gasteiger partial charge in [0.25, 0.3) is 0 Å². The number of carbonyl (C=O) groups is 1. The molecule has 0 unspecified atom stereocenters. The Morgan fingerprint density at radius 2 is 1.77 bits per heavy atom. The highest BCUT2D eigenvalue weighted by molar-refractivity contribution is 7.92. The summed E-state index contributed by atoms with van der Waals surface area (Å²) >= 11 is 0. The molecule has 0 saturated carbocycles. The number of methoxy groups -OCH3 is 1. The number of rotatable bonds is 11. The first-order chi connectivity index (χ1) is 14.2. The van der Waals surface area contributed by atoms with Gasteiger partial charge in [-0.3, -0.25) is 9.10 Å². The summed E-state index contributed by atoms with van der Waals surface area (Å²) < 4.78 is 36.7. The van der Waals surface area contributed by atoms with Crippen LogP contribution >= 0.6 is 0 Å². The van der Waals surface area contributed by atoms with Crippen LogP contribution in [0.25, 0.3) is 0 Å². The third kappa shape index (κ3) is 7.26. The molecule has 0 aromatic heterocycles. The number of nitrogens with zero attached hydrogens (tertiary/aromatic N) is 1. The van der Waals surface area contributed by atoms with Crippen molar-refractivity contribution < 1.29 is 22.7 Å². The molecule has 0 spiro atoms. The van der Waals surface area contributed by atoms with E-state index in [1.54, 1.807) is 24.3 Å². The van der Waals surface area contributed by atoms with E-state index in [-0.39, 0.29) is 18.9 Å². The Kier molecular flexibility index (Phi) is 8.53. The van der Waals surface area contributed by atoms with Crippen molar-refractivity contribution in [3.05, 3.63) is 53.6 Å². The lowest BCUT2D eigenvalue weighted by atomic mass is 10.1. The van der Waals surface area contributed by atoms with Gasteiger partial charge < -0.3 is 14.8 Å². The van der Waals surface area contributed by atoms with Crippen LogP contribution < -0.4 is 19.1 Å². The van der Waals surface area contributed by atoms with Crippen LogP contribution in [-0.2, 0) is 14.8 Å². The maximum Gasteiger partial charge on any atom is 0.232 e. The van der Waals surface area contributed by atoms with Crippen LogP contribution in [0.1, 0.15) is 24.0 Å². The highest BCUT2D eigenvalue weighted by Gasteiger charge is 2.20. The molecular formula is C22H30N2O5S. The number of carbonyl (C=O) groups excluding carboxylic acids is 1. The van der Waals surface area contributed by atoms with Crippen molar-refractivity contribution in [3.8, 4) is 11.5 Å². The first-order valence-corrected chi connectivity index (χ1v) is 11.6. The fourth-order valence-corrected chi connectivity index (χ4v) is 4.12. The number of ether oxygens (including phenoxy) is 2. The minimum atomic E-state index is -3.51. The van der Waals surface area contributed by atoms with Crippen molar-refractivity contribution in [1.29, 1.82) is 0 Å². The van der Waals surface area contributed by atoms with E-state index in [0.29, 0.717) is 31.0 Å². The van der Waals surface area contributed by atoms with Gasteiger partial charge in [0.2, 0.25) is 15.9 Å². The summed E-state index contributed by atoms with van der Waals surface area (Å²) in [6.07, 6.45) is 1.74. The number of nitrogens with one attached hydrogen (secondary N) is 1. The average molecular weight is 435 g/mol. The SMILES string of the molecule is COc1ccccc1N(CCCC(=O)NCCOc1cc(C)cc(C)c1)S(C)(=O)=O. The third-order valence-corrected chi connectivity index (χ3v) is 5.59. The van der Waals surface area contributed by atoms with Gasteiger partial charge in [0, 0.05) is 13.0 Å². The number of amides is 1. The van der Waals surface area contributed by atoms with Gasteiger partial charge in [-0.2, -0.15) is 0 Å². The van der Waals surface area contributed by atoms with Crippen molar-refractivity contribution in [3.63, 3.8) is 0 Å². The summed E-state index contributed by atoms with van der Waals surface area (Å²) in [4.78, 5) is 12.1. The Bertz CT molecular complexity index is 940. The number of anilines is 1. The Morgan fingerprint density at radius 3 is 2.40 bits per heavy atom. The smallest absolute Gasteiger partial charge is 0.232 e. The normalized spacial score (nSPS) is 11.1. The Morgan fingerprint density at radius 1 is 1.10 bits per heavy atom. The largest absolute Gasteiger partial charge is 0.495 e. The topological polar surface area (TPSA) is 84.9 Å². The molecule has 0 heterocycles. The molecule has 30 heavy (non-hydrogen) atoms. The van der Waals surface area contributed by atoms with Gasteiger partial charge in [0.05, 0.1) is 25.6 Å². The monoisotopic (exact) mass is 434 g/mol. The number of hydrogen-bond acceptors (Lipinski definition) is 5.